The number of halogens is 2. The maximum absolute atomic E-state index is 13.2. The number of anilines is 1. The van der Waals surface area contributed by atoms with Crippen molar-refractivity contribution < 1.29 is 9.59 Å². The van der Waals surface area contributed by atoms with Gasteiger partial charge in [0.05, 0.1) is 27.6 Å². The molecule has 4 aliphatic rings. The summed E-state index contributed by atoms with van der Waals surface area (Å²) >= 11 is 12.1. The van der Waals surface area contributed by atoms with Gasteiger partial charge in [-0.2, -0.15) is 0 Å². The van der Waals surface area contributed by atoms with Gasteiger partial charge in [0.2, 0.25) is 11.8 Å². The van der Waals surface area contributed by atoms with Crippen molar-refractivity contribution in [2.75, 3.05) is 4.90 Å². The first-order chi connectivity index (χ1) is 12.6. The summed E-state index contributed by atoms with van der Waals surface area (Å²) in [7, 11) is 0. The Morgan fingerprint density at radius 3 is 2.04 bits per heavy atom. The maximum atomic E-state index is 13.2. The van der Waals surface area contributed by atoms with Gasteiger partial charge in [-0.3, -0.25) is 9.59 Å². The summed E-state index contributed by atoms with van der Waals surface area (Å²) in [6.07, 6.45) is 10.3. The molecule has 1 heterocycles. The van der Waals surface area contributed by atoms with E-state index in [1.54, 1.807) is 18.2 Å². The van der Waals surface area contributed by atoms with E-state index >= 15 is 0 Å². The summed E-state index contributed by atoms with van der Waals surface area (Å²) in [4.78, 5) is 27.7. The average Bonchev–Trinajstić information content (AvgIpc) is 3.28. The maximum Gasteiger partial charge on any atom is 0.238 e. The Morgan fingerprint density at radius 1 is 0.846 bits per heavy atom. The molecule has 134 valence electrons. The lowest BCUT2D eigenvalue weighted by molar-refractivity contribution is -0.122. The molecule has 26 heavy (non-hydrogen) atoms. The Kier molecular flexibility index (Phi) is 3.81. The second-order valence-electron chi connectivity index (χ2n) is 7.72. The predicted octanol–water partition coefficient (Wildman–Crippen LogP) is 5.18. The fourth-order valence-corrected chi connectivity index (χ4v) is 5.67. The summed E-state index contributed by atoms with van der Waals surface area (Å²) in [5, 5.41) is 0.772. The van der Waals surface area contributed by atoms with Gasteiger partial charge >= 0.3 is 0 Å². The molecule has 5 heteroatoms. The van der Waals surface area contributed by atoms with E-state index in [0.29, 0.717) is 15.7 Å². The van der Waals surface area contributed by atoms with Gasteiger partial charge in [0.15, 0.2) is 0 Å². The fourth-order valence-electron chi connectivity index (χ4n) is 5.38. The largest absolute Gasteiger partial charge is 0.274 e. The standard InChI is InChI=1S/C21H19Cl2NO2/c22-15-9-6-12(10-16(15)23)24-20(25)18-13-7-8-14(19(18)21(24)26)17(13)11-4-2-1-3-5-11/h6-10,13-14,18-19H,1-5H2/t13-,14-,18-,19-/m0/s1. The van der Waals surface area contributed by atoms with E-state index in [1.807, 2.05) is 0 Å². The number of nitrogens with zero attached hydrogens (tertiary/aromatic N) is 1. The topological polar surface area (TPSA) is 37.4 Å². The van der Waals surface area contributed by atoms with Gasteiger partial charge in [-0.15, -0.1) is 0 Å². The minimum atomic E-state index is -0.253. The third-order valence-electron chi connectivity index (χ3n) is 6.44. The van der Waals surface area contributed by atoms with Crippen LogP contribution >= 0.6 is 23.2 Å². The molecule has 1 aliphatic heterocycles. The van der Waals surface area contributed by atoms with Gasteiger partial charge in [-0.1, -0.05) is 52.9 Å². The highest BCUT2D eigenvalue weighted by Gasteiger charge is 2.62. The van der Waals surface area contributed by atoms with Crippen molar-refractivity contribution in [2.45, 2.75) is 32.1 Å². The Labute approximate surface area is 162 Å². The van der Waals surface area contributed by atoms with Gasteiger partial charge in [-0.05, 0) is 43.9 Å². The van der Waals surface area contributed by atoms with Crippen molar-refractivity contribution in [3.63, 3.8) is 0 Å². The number of rotatable bonds is 1. The molecular weight excluding hydrogens is 369 g/mol. The first-order valence-electron chi connectivity index (χ1n) is 9.31. The fraction of sp³-hybridized carbons (Fsp3) is 0.429. The van der Waals surface area contributed by atoms with Crippen LogP contribution in [0.25, 0.3) is 0 Å². The number of allylic oxidation sites excluding steroid dienone is 4. The van der Waals surface area contributed by atoms with Crippen LogP contribution in [0.1, 0.15) is 32.1 Å². The van der Waals surface area contributed by atoms with Crippen molar-refractivity contribution >= 4 is 40.7 Å². The third-order valence-corrected chi connectivity index (χ3v) is 7.18. The molecule has 1 aromatic carbocycles. The molecule has 2 amide bonds. The molecular formula is C21H19Cl2NO2. The molecule has 3 nitrogen and oxygen atoms in total. The number of hydrogen-bond donors (Lipinski definition) is 0. The van der Waals surface area contributed by atoms with Crippen molar-refractivity contribution in [3.8, 4) is 0 Å². The predicted molar refractivity (Wildman–Crippen MR) is 102 cm³/mol. The van der Waals surface area contributed by atoms with Crippen LogP contribution in [0.3, 0.4) is 0 Å². The van der Waals surface area contributed by atoms with Crippen LogP contribution in [0.15, 0.2) is 41.5 Å². The number of carbonyl (C=O) groups excluding carboxylic acids is 2. The zero-order chi connectivity index (χ0) is 18.0. The smallest absolute Gasteiger partial charge is 0.238 e. The molecule has 3 fully saturated rings. The molecule has 4 atom stereocenters. The normalized spacial score (nSPS) is 32.8. The van der Waals surface area contributed by atoms with Gasteiger partial charge in [0.25, 0.3) is 0 Å². The number of benzene rings is 1. The molecule has 0 unspecified atom stereocenters. The summed E-state index contributed by atoms with van der Waals surface area (Å²) in [5.74, 6) is -0.495. The lowest BCUT2D eigenvalue weighted by Gasteiger charge is -2.23. The first-order valence-corrected chi connectivity index (χ1v) is 10.1. The van der Waals surface area contributed by atoms with Crippen LogP contribution in [0.2, 0.25) is 10.0 Å². The van der Waals surface area contributed by atoms with Crippen LogP contribution in [-0.4, -0.2) is 11.8 Å². The van der Waals surface area contributed by atoms with Gasteiger partial charge in [-0.25, -0.2) is 4.90 Å². The van der Waals surface area contributed by atoms with Crippen LogP contribution < -0.4 is 4.90 Å². The van der Waals surface area contributed by atoms with Crippen molar-refractivity contribution in [2.24, 2.45) is 23.7 Å². The summed E-state index contributed by atoms with van der Waals surface area (Å²) in [6, 6.07) is 4.94. The zero-order valence-electron chi connectivity index (χ0n) is 14.3. The summed E-state index contributed by atoms with van der Waals surface area (Å²) < 4.78 is 0. The van der Waals surface area contributed by atoms with E-state index < -0.39 is 0 Å². The van der Waals surface area contributed by atoms with Crippen molar-refractivity contribution in [1.82, 2.24) is 0 Å². The minimum absolute atomic E-state index is 0.0934. The second kappa shape index (κ2) is 5.97. The van der Waals surface area contributed by atoms with Gasteiger partial charge < -0.3 is 0 Å². The SMILES string of the molecule is O=C1[C@@H]2[C@@H](C(=O)N1c1ccc(Cl)c(Cl)c1)[C@H]1C=C[C@H]2C1=C1CCCCC1. The molecule has 1 aromatic rings. The molecule has 0 aromatic heterocycles. The molecule has 0 radical (unpaired) electrons. The summed E-state index contributed by atoms with van der Waals surface area (Å²) in [5.41, 5.74) is 3.41. The van der Waals surface area contributed by atoms with E-state index in [0.717, 1.165) is 12.8 Å². The van der Waals surface area contributed by atoms with E-state index in [9.17, 15) is 9.59 Å². The number of hydrogen-bond acceptors (Lipinski definition) is 2. The molecule has 1 saturated heterocycles. The van der Waals surface area contributed by atoms with Crippen molar-refractivity contribution in [1.29, 1.82) is 0 Å². The Hall–Kier alpha value is -1.58. The lowest BCUT2D eigenvalue weighted by atomic mass is 9.85. The monoisotopic (exact) mass is 387 g/mol. The van der Waals surface area contributed by atoms with Crippen LogP contribution in [0.5, 0.6) is 0 Å². The highest BCUT2D eigenvalue weighted by molar-refractivity contribution is 6.42. The number of fused-ring (bicyclic) bond motifs is 5. The van der Waals surface area contributed by atoms with Crippen LogP contribution in [0.4, 0.5) is 5.69 Å². The number of imide groups is 1. The first kappa shape index (κ1) is 16.6. The molecule has 0 N–H and O–H groups in total. The van der Waals surface area contributed by atoms with Crippen LogP contribution in [0, 0.1) is 23.7 Å². The second-order valence-corrected chi connectivity index (χ2v) is 8.53. The number of amides is 2. The number of carbonyl (C=O) groups is 2. The zero-order valence-corrected chi connectivity index (χ0v) is 15.8. The molecule has 3 aliphatic carbocycles. The molecule has 2 saturated carbocycles. The minimum Gasteiger partial charge on any atom is -0.274 e. The van der Waals surface area contributed by atoms with Crippen molar-refractivity contribution in [3.05, 3.63) is 51.5 Å². The average molecular weight is 388 g/mol. The molecule has 0 spiro atoms. The highest BCUT2D eigenvalue weighted by Crippen LogP contribution is 2.58. The van der Waals surface area contributed by atoms with E-state index in [-0.39, 0.29) is 35.5 Å². The lowest BCUT2D eigenvalue weighted by Crippen LogP contribution is -2.33. The third kappa shape index (κ3) is 2.20. The molecule has 2 bridgehead atoms. The van der Waals surface area contributed by atoms with Crippen LogP contribution in [-0.2, 0) is 9.59 Å². The van der Waals surface area contributed by atoms with E-state index in [4.69, 9.17) is 23.2 Å². The van der Waals surface area contributed by atoms with E-state index in [2.05, 4.69) is 12.2 Å². The van der Waals surface area contributed by atoms with Gasteiger partial charge in [0.1, 0.15) is 0 Å². The summed E-state index contributed by atoms with van der Waals surface area (Å²) in [6.45, 7) is 0. The highest BCUT2D eigenvalue weighted by atomic mass is 35.5. The quantitative estimate of drug-likeness (QED) is 0.491. The Balaban J connectivity index is 1.53. The Bertz CT molecular complexity index is 846. The van der Waals surface area contributed by atoms with Gasteiger partial charge in [0, 0.05) is 11.8 Å². The van der Waals surface area contributed by atoms with E-state index in [1.165, 1.54) is 35.3 Å². The molecule has 5 rings (SSSR count). The Morgan fingerprint density at radius 2 is 1.46 bits per heavy atom.